The summed E-state index contributed by atoms with van der Waals surface area (Å²) >= 11 is 4.78. The molecule has 0 aliphatic rings. The topological polar surface area (TPSA) is 99.7 Å². The number of carbonyl (C=O) groups is 3. The van der Waals surface area contributed by atoms with Gasteiger partial charge >= 0.3 is 0 Å². The highest BCUT2D eigenvalue weighted by Crippen LogP contribution is 2.19. The number of hydrazone groups is 1. The fourth-order valence-electron chi connectivity index (χ4n) is 2.51. The van der Waals surface area contributed by atoms with Gasteiger partial charge in [-0.05, 0) is 47.9 Å². The van der Waals surface area contributed by atoms with E-state index < -0.39 is 11.8 Å². The molecule has 0 bridgehead atoms. The average Bonchev–Trinajstić information content (AvgIpc) is 3.29. The Hall–Kier alpha value is -3.56. The van der Waals surface area contributed by atoms with Gasteiger partial charge in [0, 0.05) is 26.2 Å². The van der Waals surface area contributed by atoms with Crippen molar-refractivity contribution in [2.24, 2.45) is 5.10 Å². The molecular weight excluding hydrogens is 480 g/mol. The summed E-state index contributed by atoms with van der Waals surface area (Å²) in [5.41, 5.74) is 4.00. The highest BCUT2D eigenvalue weighted by atomic mass is 79.9. The van der Waals surface area contributed by atoms with Gasteiger partial charge in [-0.15, -0.1) is 11.3 Å². The number of anilines is 1. The molecule has 0 saturated heterocycles. The van der Waals surface area contributed by atoms with Crippen LogP contribution in [0.5, 0.6) is 0 Å². The van der Waals surface area contributed by atoms with Gasteiger partial charge in [-0.2, -0.15) is 5.10 Å². The summed E-state index contributed by atoms with van der Waals surface area (Å²) in [6, 6.07) is 17.5. The first-order valence-corrected chi connectivity index (χ1v) is 10.7. The van der Waals surface area contributed by atoms with Crippen LogP contribution in [0.1, 0.15) is 20.8 Å². The van der Waals surface area contributed by atoms with Crippen LogP contribution >= 0.6 is 27.3 Å². The van der Waals surface area contributed by atoms with E-state index in [0.29, 0.717) is 23.2 Å². The summed E-state index contributed by atoms with van der Waals surface area (Å²) in [5, 5.41) is 11.0. The van der Waals surface area contributed by atoms with E-state index in [1.165, 1.54) is 17.6 Å². The van der Waals surface area contributed by atoms with Crippen LogP contribution in [0.2, 0.25) is 0 Å². The lowest BCUT2D eigenvalue weighted by Crippen LogP contribution is -2.32. The smallest absolute Gasteiger partial charge is 0.287 e. The molecule has 9 heteroatoms. The molecule has 0 saturated carbocycles. The third kappa shape index (κ3) is 6.46. The van der Waals surface area contributed by atoms with Crippen LogP contribution in [0.25, 0.3) is 6.08 Å². The number of nitrogens with one attached hydrogen (secondary N) is 3. The minimum atomic E-state index is -0.589. The van der Waals surface area contributed by atoms with Crippen LogP contribution in [-0.4, -0.2) is 24.4 Å². The monoisotopic (exact) mass is 496 g/mol. The lowest BCUT2D eigenvalue weighted by Gasteiger charge is -2.09. The maximum atomic E-state index is 12.7. The summed E-state index contributed by atoms with van der Waals surface area (Å²) in [6.07, 6.45) is 3.53. The van der Waals surface area contributed by atoms with Crippen molar-refractivity contribution in [3.05, 3.63) is 92.2 Å². The molecule has 0 radical (unpaired) electrons. The van der Waals surface area contributed by atoms with E-state index in [9.17, 15) is 14.4 Å². The number of hydrogen-bond donors (Lipinski definition) is 3. The molecular formula is C22H17BrN4O3S. The largest absolute Gasteiger partial charge is 0.328 e. The molecule has 3 rings (SSSR count). The Bertz CT molecular complexity index is 1130. The summed E-state index contributed by atoms with van der Waals surface area (Å²) in [4.78, 5) is 36.8. The number of amides is 3. The SMILES string of the molecule is O=CNc1ccc(Br)cc1/C=N/NC(=O)/C(=C/c1cccs1)NC(=O)c1ccccc1. The number of nitrogens with zero attached hydrogens (tertiary/aromatic N) is 1. The molecule has 0 spiro atoms. The second-order valence-electron chi connectivity index (χ2n) is 6.09. The quantitative estimate of drug-likeness (QED) is 0.190. The van der Waals surface area contributed by atoms with Crippen molar-refractivity contribution in [1.29, 1.82) is 0 Å². The molecule has 1 aromatic heterocycles. The first-order valence-electron chi connectivity index (χ1n) is 9.01. The van der Waals surface area contributed by atoms with Crippen LogP contribution in [0.3, 0.4) is 0 Å². The van der Waals surface area contributed by atoms with Crippen molar-refractivity contribution in [2.45, 2.75) is 0 Å². The molecule has 31 heavy (non-hydrogen) atoms. The summed E-state index contributed by atoms with van der Waals surface area (Å²) in [7, 11) is 0. The number of thiophene rings is 1. The molecule has 0 unspecified atom stereocenters. The second-order valence-corrected chi connectivity index (χ2v) is 7.98. The number of hydrogen-bond acceptors (Lipinski definition) is 5. The molecule has 0 aliphatic heterocycles. The molecule has 0 fully saturated rings. The molecule has 7 nitrogen and oxygen atoms in total. The molecule has 3 N–H and O–H groups in total. The van der Waals surface area contributed by atoms with Crippen molar-refractivity contribution in [3.8, 4) is 0 Å². The van der Waals surface area contributed by atoms with Crippen LogP contribution < -0.4 is 16.1 Å². The van der Waals surface area contributed by atoms with Gasteiger partial charge in [-0.25, -0.2) is 5.43 Å². The van der Waals surface area contributed by atoms with E-state index in [1.54, 1.807) is 54.6 Å². The Morgan fingerprint density at radius 3 is 2.55 bits per heavy atom. The Kier molecular flexibility index (Phi) is 7.85. The van der Waals surface area contributed by atoms with Gasteiger partial charge in [0.2, 0.25) is 6.41 Å². The minimum absolute atomic E-state index is 0.0499. The highest BCUT2D eigenvalue weighted by Gasteiger charge is 2.14. The zero-order chi connectivity index (χ0) is 22.1. The van der Waals surface area contributed by atoms with Crippen molar-refractivity contribution >= 4 is 63.5 Å². The number of benzene rings is 2. The molecule has 2 aromatic carbocycles. The number of halogens is 1. The van der Waals surface area contributed by atoms with Crippen LogP contribution in [-0.2, 0) is 9.59 Å². The van der Waals surface area contributed by atoms with E-state index >= 15 is 0 Å². The first-order chi connectivity index (χ1) is 15.1. The third-order valence-electron chi connectivity index (χ3n) is 3.96. The Labute approximate surface area is 191 Å². The fraction of sp³-hybridized carbons (Fsp3) is 0. The fourth-order valence-corrected chi connectivity index (χ4v) is 3.55. The van der Waals surface area contributed by atoms with E-state index in [4.69, 9.17) is 0 Å². The highest BCUT2D eigenvalue weighted by molar-refractivity contribution is 9.10. The minimum Gasteiger partial charge on any atom is -0.328 e. The van der Waals surface area contributed by atoms with Crippen LogP contribution in [0, 0.1) is 0 Å². The molecule has 0 aliphatic carbocycles. The van der Waals surface area contributed by atoms with Crippen LogP contribution in [0.4, 0.5) is 5.69 Å². The molecule has 156 valence electrons. The van der Waals surface area contributed by atoms with Crippen molar-refractivity contribution in [2.75, 3.05) is 5.32 Å². The summed E-state index contributed by atoms with van der Waals surface area (Å²) < 4.78 is 0.783. The van der Waals surface area contributed by atoms with E-state index in [2.05, 4.69) is 37.1 Å². The number of rotatable bonds is 8. The van der Waals surface area contributed by atoms with Crippen molar-refractivity contribution in [1.82, 2.24) is 10.7 Å². The van der Waals surface area contributed by atoms with Gasteiger partial charge in [0.1, 0.15) is 5.70 Å². The predicted octanol–water partition coefficient (Wildman–Crippen LogP) is 4.00. The zero-order valence-electron chi connectivity index (χ0n) is 16.0. The molecule has 3 amide bonds. The zero-order valence-corrected chi connectivity index (χ0v) is 18.4. The second kappa shape index (κ2) is 11.0. The van der Waals surface area contributed by atoms with E-state index in [-0.39, 0.29) is 5.70 Å². The molecule has 3 aromatic rings. The van der Waals surface area contributed by atoms with Crippen LogP contribution in [0.15, 0.2) is 81.3 Å². The Balaban J connectivity index is 1.78. The molecule has 0 atom stereocenters. The average molecular weight is 497 g/mol. The lowest BCUT2D eigenvalue weighted by atomic mass is 10.2. The molecule has 1 heterocycles. The lowest BCUT2D eigenvalue weighted by molar-refractivity contribution is -0.117. The maximum Gasteiger partial charge on any atom is 0.287 e. The first kappa shape index (κ1) is 22.1. The van der Waals surface area contributed by atoms with Gasteiger partial charge < -0.3 is 10.6 Å². The van der Waals surface area contributed by atoms with Gasteiger partial charge in [0.15, 0.2) is 0 Å². The summed E-state index contributed by atoms with van der Waals surface area (Å²) in [6.45, 7) is 0. The standard InChI is InChI=1S/C22H17BrN4O3S/c23-17-8-9-19(24-14-28)16(11-17)13-25-27-22(30)20(12-18-7-4-10-31-18)26-21(29)15-5-2-1-3-6-15/h1-14H,(H,24,28)(H,26,29)(H,27,30)/b20-12-,25-13+. The summed E-state index contributed by atoms with van der Waals surface area (Å²) in [5.74, 6) is -0.999. The Morgan fingerprint density at radius 1 is 1.03 bits per heavy atom. The van der Waals surface area contributed by atoms with Gasteiger partial charge in [0.25, 0.3) is 11.8 Å². The third-order valence-corrected chi connectivity index (χ3v) is 5.27. The Morgan fingerprint density at radius 2 is 1.84 bits per heavy atom. The van der Waals surface area contributed by atoms with Gasteiger partial charge in [0.05, 0.1) is 6.21 Å². The normalized spacial score (nSPS) is 11.2. The van der Waals surface area contributed by atoms with E-state index in [0.717, 1.165) is 9.35 Å². The van der Waals surface area contributed by atoms with Crippen molar-refractivity contribution in [3.63, 3.8) is 0 Å². The van der Waals surface area contributed by atoms with E-state index in [1.807, 2.05) is 17.5 Å². The van der Waals surface area contributed by atoms with Gasteiger partial charge in [-0.3, -0.25) is 14.4 Å². The maximum absolute atomic E-state index is 12.7. The number of carbonyl (C=O) groups excluding carboxylic acids is 3. The van der Waals surface area contributed by atoms with Crippen molar-refractivity contribution < 1.29 is 14.4 Å². The van der Waals surface area contributed by atoms with Gasteiger partial charge in [-0.1, -0.05) is 40.2 Å². The predicted molar refractivity (Wildman–Crippen MR) is 126 cm³/mol.